The molecule has 170 valence electrons. The van der Waals surface area contributed by atoms with Crippen LogP contribution in [0.5, 0.6) is 0 Å². The van der Waals surface area contributed by atoms with Crippen molar-refractivity contribution in [3.05, 3.63) is 66.4 Å². The number of anilines is 2. The predicted octanol–water partition coefficient (Wildman–Crippen LogP) is 3.86. The van der Waals surface area contributed by atoms with Crippen molar-refractivity contribution in [1.29, 1.82) is 0 Å². The number of aromatic nitrogens is 2. The van der Waals surface area contributed by atoms with Crippen LogP contribution in [0.25, 0.3) is 11.4 Å². The summed E-state index contributed by atoms with van der Waals surface area (Å²) in [6.07, 6.45) is 3.80. The Hall–Kier alpha value is -3.46. The van der Waals surface area contributed by atoms with E-state index in [1.54, 1.807) is 60.7 Å². The number of hydrogen-bond donors (Lipinski definition) is 3. The molecular formula is C24H25N5O3S. The van der Waals surface area contributed by atoms with Crippen LogP contribution in [0.2, 0.25) is 0 Å². The van der Waals surface area contributed by atoms with Crippen LogP contribution < -0.4 is 16.4 Å². The van der Waals surface area contributed by atoms with Gasteiger partial charge in [0.1, 0.15) is 10.6 Å². The number of nitrogens with one attached hydrogen (secondary N) is 2. The number of benzene rings is 2. The summed E-state index contributed by atoms with van der Waals surface area (Å²) in [6.45, 7) is 0. The van der Waals surface area contributed by atoms with Gasteiger partial charge in [-0.2, -0.15) is 0 Å². The van der Waals surface area contributed by atoms with Crippen LogP contribution in [0.4, 0.5) is 16.3 Å². The molecular weight excluding hydrogens is 438 g/mol. The van der Waals surface area contributed by atoms with E-state index in [0.29, 0.717) is 35.6 Å². The van der Waals surface area contributed by atoms with Gasteiger partial charge >= 0.3 is 6.03 Å². The third kappa shape index (κ3) is 4.04. The van der Waals surface area contributed by atoms with Crippen LogP contribution in [0, 0.1) is 0 Å². The Bertz CT molecular complexity index is 1290. The second-order valence-electron chi connectivity index (χ2n) is 8.62. The highest BCUT2D eigenvalue weighted by Gasteiger charge is 2.52. The summed E-state index contributed by atoms with van der Waals surface area (Å²) in [6, 6.07) is 17.2. The molecule has 4 N–H and O–H groups in total. The molecule has 9 heteroatoms. The number of amides is 2. The zero-order valence-corrected chi connectivity index (χ0v) is 18.8. The van der Waals surface area contributed by atoms with Crippen LogP contribution in [-0.4, -0.2) is 30.5 Å². The molecule has 2 aromatic carbocycles. The largest absolute Gasteiger partial charge is 0.384 e. The Morgan fingerprint density at radius 2 is 1.70 bits per heavy atom. The Kier molecular flexibility index (Phi) is 5.28. The van der Waals surface area contributed by atoms with Crippen molar-refractivity contribution in [1.82, 2.24) is 15.3 Å². The SMILES string of the molecule is Nc1cc(C2(S(=O)(=O)c3ccccc3)CCC2)nc(-c2ccc(NC(=O)NC3CC3)cc2)n1. The van der Waals surface area contributed by atoms with Gasteiger partial charge in [-0.3, -0.25) is 0 Å². The van der Waals surface area contributed by atoms with E-state index in [0.717, 1.165) is 19.3 Å². The zero-order valence-electron chi connectivity index (χ0n) is 18.0. The fraction of sp³-hybridized carbons (Fsp3) is 0.292. The average molecular weight is 464 g/mol. The number of urea groups is 1. The average Bonchev–Trinajstić information content (AvgIpc) is 3.57. The maximum Gasteiger partial charge on any atom is 0.319 e. The molecule has 3 aromatic rings. The third-order valence-corrected chi connectivity index (χ3v) is 8.79. The van der Waals surface area contributed by atoms with Crippen molar-refractivity contribution in [2.24, 2.45) is 0 Å². The minimum absolute atomic E-state index is 0.218. The predicted molar refractivity (Wildman–Crippen MR) is 126 cm³/mol. The van der Waals surface area contributed by atoms with Crippen molar-refractivity contribution in [2.45, 2.75) is 47.8 Å². The number of nitrogens with two attached hydrogens (primary N) is 1. The first-order valence-corrected chi connectivity index (χ1v) is 12.5. The van der Waals surface area contributed by atoms with Gasteiger partial charge < -0.3 is 16.4 Å². The molecule has 1 heterocycles. The molecule has 0 saturated heterocycles. The number of carbonyl (C=O) groups excluding carboxylic acids is 1. The van der Waals surface area contributed by atoms with Gasteiger partial charge in [-0.05, 0) is 68.5 Å². The maximum absolute atomic E-state index is 13.6. The number of rotatable bonds is 6. The standard InChI is InChI=1S/C24H25N5O3S/c25-21-15-20(24(13-4-14-24)33(31,32)19-5-2-1-3-6-19)28-22(29-21)16-7-9-17(10-8-16)26-23(30)27-18-11-12-18/h1-3,5-10,15,18H,4,11-14H2,(H2,25,28,29)(H2,26,27,30). The molecule has 5 rings (SSSR count). The molecule has 0 aliphatic heterocycles. The third-order valence-electron chi connectivity index (χ3n) is 6.26. The molecule has 2 aliphatic rings. The highest BCUT2D eigenvalue weighted by Crippen LogP contribution is 2.50. The van der Waals surface area contributed by atoms with E-state index in [2.05, 4.69) is 20.6 Å². The summed E-state index contributed by atoms with van der Waals surface area (Å²) in [4.78, 5) is 21.2. The number of carbonyl (C=O) groups is 1. The summed E-state index contributed by atoms with van der Waals surface area (Å²) in [5, 5.41) is 5.67. The highest BCUT2D eigenvalue weighted by atomic mass is 32.2. The van der Waals surface area contributed by atoms with Crippen LogP contribution in [0.1, 0.15) is 37.8 Å². The molecule has 33 heavy (non-hydrogen) atoms. The van der Waals surface area contributed by atoms with E-state index in [9.17, 15) is 13.2 Å². The zero-order chi connectivity index (χ0) is 23.1. The summed E-state index contributed by atoms with van der Waals surface area (Å²) >= 11 is 0. The molecule has 0 bridgehead atoms. The van der Waals surface area contributed by atoms with E-state index in [1.165, 1.54) is 0 Å². The Morgan fingerprint density at radius 1 is 1.00 bits per heavy atom. The van der Waals surface area contributed by atoms with Crippen molar-refractivity contribution in [3.63, 3.8) is 0 Å². The lowest BCUT2D eigenvalue weighted by molar-refractivity contribution is 0.251. The summed E-state index contributed by atoms with van der Waals surface area (Å²) in [7, 11) is -3.66. The molecule has 0 spiro atoms. The molecule has 0 unspecified atom stereocenters. The lowest BCUT2D eigenvalue weighted by Crippen LogP contribution is -2.43. The van der Waals surface area contributed by atoms with Gasteiger partial charge in [0.25, 0.3) is 0 Å². The first-order valence-electron chi connectivity index (χ1n) is 11.0. The summed E-state index contributed by atoms with van der Waals surface area (Å²) < 4.78 is 26.0. The van der Waals surface area contributed by atoms with E-state index in [4.69, 9.17) is 5.73 Å². The van der Waals surface area contributed by atoms with Gasteiger partial charge in [0, 0.05) is 23.4 Å². The van der Waals surface area contributed by atoms with Crippen molar-refractivity contribution in [3.8, 4) is 11.4 Å². The molecule has 0 atom stereocenters. The van der Waals surface area contributed by atoms with Crippen molar-refractivity contribution in [2.75, 3.05) is 11.1 Å². The number of nitrogen functional groups attached to an aromatic ring is 1. The van der Waals surface area contributed by atoms with Crippen LogP contribution in [0.3, 0.4) is 0 Å². The van der Waals surface area contributed by atoms with Gasteiger partial charge in [0.2, 0.25) is 0 Å². The lowest BCUT2D eigenvalue weighted by atomic mass is 9.81. The minimum atomic E-state index is -3.66. The Labute approximate surface area is 192 Å². The van der Waals surface area contributed by atoms with Gasteiger partial charge in [-0.15, -0.1) is 0 Å². The van der Waals surface area contributed by atoms with Gasteiger partial charge in [0.05, 0.1) is 10.6 Å². The maximum atomic E-state index is 13.6. The van der Waals surface area contributed by atoms with E-state index in [1.807, 2.05) is 0 Å². The van der Waals surface area contributed by atoms with Crippen LogP contribution in [0.15, 0.2) is 65.6 Å². The number of hydrogen-bond acceptors (Lipinski definition) is 6. The lowest BCUT2D eigenvalue weighted by Gasteiger charge is -2.40. The molecule has 1 aromatic heterocycles. The van der Waals surface area contributed by atoms with E-state index >= 15 is 0 Å². The fourth-order valence-electron chi connectivity index (χ4n) is 4.10. The van der Waals surface area contributed by atoms with Crippen LogP contribution >= 0.6 is 0 Å². The van der Waals surface area contributed by atoms with E-state index < -0.39 is 14.6 Å². The molecule has 2 saturated carbocycles. The molecule has 2 fully saturated rings. The highest BCUT2D eigenvalue weighted by molar-refractivity contribution is 7.92. The van der Waals surface area contributed by atoms with Gasteiger partial charge in [0.15, 0.2) is 15.7 Å². The number of sulfone groups is 1. The first kappa shape index (κ1) is 21.4. The molecule has 0 radical (unpaired) electrons. The normalized spacial score (nSPS) is 17.1. The molecule has 2 aliphatic carbocycles. The molecule has 2 amide bonds. The van der Waals surface area contributed by atoms with Gasteiger partial charge in [-0.25, -0.2) is 23.2 Å². The first-order chi connectivity index (χ1) is 15.9. The Balaban J connectivity index is 1.45. The monoisotopic (exact) mass is 463 g/mol. The van der Waals surface area contributed by atoms with Crippen molar-refractivity contribution >= 4 is 27.4 Å². The second kappa shape index (κ2) is 8.15. The van der Waals surface area contributed by atoms with Crippen molar-refractivity contribution < 1.29 is 13.2 Å². The topological polar surface area (TPSA) is 127 Å². The minimum Gasteiger partial charge on any atom is -0.384 e. The summed E-state index contributed by atoms with van der Waals surface area (Å²) in [5.41, 5.74) is 7.84. The fourth-order valence-corrected chi connectivity index (χ4v) is 6.27. The van der Waals surface area contributed by atoms with Crippen LogP contribution in [-0.2, 0) is 14.6 Å². The second-order valence-corrected chi connectivity index (χ2v) is 10.9. The quantitative estimate of drug-likeness (QED) is 0.509. The number of nitrogens with zero attached hydrogens (tertiary/aromatic N) is 2. The van der Waals surface area contributed by atoms with Gasteiger partial charge in [-0.1, -0.05) is 18.2 Å². The smallest absolute Gasteiger partial charge is 0.319 e. The molecule has 8 nitrogen and oxygen atoms in total. The van der Waals surface area contributed by atoms with E-state index in [-0.39, 0.29) is 22.8 Å². The summed E-state index contributed by atoms with van der Waals surface area (Å²) in [5.74, 6) is 0.573. The Morgan fingerprint density at radius 3 is 2.30 bits per heavy atom.